The van der Waals surface area contributed by atoms with Gasteiger partial charge in [-0.1, -0.05) is 42.5 Å². The number of nitrogens with zero attached hydrogens (tertiary/aromatic N) is 3. The molecule has 134 valence electrons. The molecule has 0 bridgehead atoms. The topological polar surface area (TPSA) is 99.1 Å². The molecule has 4 aromatic rings. The van der Waals surface area contributed by atoms with E-state index in [1.807, 2.05) is 18.2 Å². The first-order chi connectivity index (χ1) is 13.1. The van der Waals surface area contributed by atoms with E-state index in [-0.39, 0.29) is 5.69 Å². The van der Waals surface area contributed by atoms with Gasteiger partial charge in [0.15, 0.2) is 0 Å². The molecular weight excluding hydrogens is 366 g/mol. The van der Waals surface area contributed by atoms with Crippen LogP contribution in [-0.2, 0) is 10.8 Å². The molecule has 3 aromatic carbocycles. The van der Waals surface area contributed by atoms with Gasteiger partial charge in [0, 0.05) is 33.9 Å². The van der Waals surface area contributed by atoms with Crippen molar-refractivity contribution in [1.82, 2.24) is 10.3 Å². The number of para-hydroxylation sites is 1. The van der Waals surface area contributed by atoms with E-state index < -0.39 is 15.7 Å². The van der Waals surface area contributed by atoms with Gasteiger partial charge in [0.1, 0.15) is 11.0 Å². The van der Waals surface area contributed by atoms with Gasteiger partial charge in [0.25, 0.3) is 5.69 Å². The maximum atomic E-state index is 12.1. The quantitative estimate of drug-likeness (QED) is 0.389. The Hall–Kier alpha value is -3.39. The summed E-state index contributed by atoms with van der Waals surface area (Å²) in [5.41, 5.74) is 3.30. The molecule has 4 rings (SSSR count). The second-order valence-corrected chi connectivity index (χ2v) is 7.19. The lowest BCUT2D eigenvalue weighted by Gasteiger charge is -2.09. The number of hydrogen-bond acceptors (Lipinski definition) is 6. The molecule has 0 amide bonds. The van der Waals surface area contributed by atoms with Gasteiger partial charge in [-0.25, -0.2) is 4.63 Å². The van der Waals surface area contributed by atoms with Crippen LogP contribution in [0.1, 0.15) is 0 Å². The fraction of sp³-hybridized carbons (Fsp3) is 0.0526. The molecule has 1 aromatic heterocycles. The van der Waals surface area contributed by atoms with Gasteiger partial charge in [-0.05, 0) is 22.4 Å². The van der Waals surface area contributed by atoms with Gasteiger partial charge >= 0.3 is 0 Å². The number of nitro groups is 1. The molecule has 27 heavy (non-hydrogen) atoms. The zero-order valence-electron chi connectivity index (χ0n) is 14.2. The Labute approximate surface area is 156 Å². The van der Waals surface area contributed by atoms with Gasteiger partial charge in [-0.15, -0.1) is 0 Å². The molecule has 0 aliphatic carbocycles. The summed E-state index contributed by atoms with van der Waals surface area (Å²) < 4.78 is 17.0. The maximum absolute atomic E-state index is 12.1. The van der Waals surface area contributed by atoms with E-state index >= 15 is 0 Å². The van der Waals surface area contributed by atoms with Gasteiger partial charge in [0.2, 0.25) is 0 Å². The Balaban J connectivity index is 1.99. The van der Waals surface area contributed by atoms with Crippen molar-refractivity contribution >= 4 is 27.5 Å². The molecular formula is C19H13N3O4S. The molecule has 1 heterocycles. The summed E-state index contributed by atoms with van der Waals surface area (Å²) in [5.74, 6) is 0. The summed E-state index contributed by atoms with van der Waals surface area (Å²) >= 11 is 0. The molecule has 0 saturated carbocycles. The van der Waals surface area contributed by atoms with E-state index in [0.29, 0.717) is 32.6 Å². The Morgan fingerprint density at radius 1 is 0.852 bits per heavy atom. The van der Waals surface area contributed by atoms with E-state index in [4.69, 9.17) is 4.63 Å². The molecule has 0 saturated heterocycles. The monoisotopic (exact) mass is 379 g/mol. The highest BCUT2D eigenvalue weighted by atomic mass is 32.2. The Morgan fingerprint density at radius 3 is 2.04 bits per heavy atom. The van der Waals surface area contributed by atoms with Crippen LogP contribution in [0.4, 0.5) is 5.69 Å². The van der Waals surface area contributed by atoms with Crippen LogP contribution in [0.15, 0.2) is 70.2 Å². The van der Waals surface area contributed by atoms with Crippen LogP contribution >= 0.6 is 0 Å². The molecule has 8 heteroatoms. The third kappa shape index (κ3) is 2.89. The van der Waals surface area contributed by atoms with Gasteiger partial charge < -0.3 is 0 Å². The molecule has 1 atom stereocenters. The predicted molar refractivity (Wildman–Crippen MR) is 102 cm³/mol. The van der Waals surface area contributed by atoms with Crippen molar-refractivity contribution in [2.24, 2.45) is 0 Å². The lowest BCUT2D eigenvalue weighted by molar-refractivity contribution is -0.384. The highest BCUT2D eigenvalue weighted by Gasteiger charge is 2.21. The number of hydrogen-bond donors (Lipinski definition) is 0. The largest absolute Gasteiger partial charge is 0.277 e. The lowest BCUT2D eigenvalue weighted by Crippen LogP contribution is -1.95. The second kappa shape index (κ2) is 6.73. The third-order valence-electron chi connectivity index (χ3n) is 4.29. The van der Waals surface area contributed by atoms with Crippen LogP contribution in [0.3, 0.4) is 0 Å². The molecule has 0 aliphatic rings. The number of rotatable bonds is 4. The van der Waals surface area contributed by atoms with Crippen LogP contribution in [0.2, 0.25) is 0 Å². The lowest BCUT2D eigenvalue weighted by atomic mass is 9.97. The number of fused-ring (bicyclic) bond motifs is 1. The Kier molecular flexibility index (Phi) is 4.25. The first-order valence-corrected chi connectivity index (χ1v) is 9.55. The first kappa shape index (κ1) is 17.0. The van der Waals surface area contributed by atoms with Crippen LogP contribution < -0.4 is 0 Å². The van der Waals surface area contributed by atoms with E-state index in [1.54, 1.807) is 42.7 Å². The Morgan fingerprint density at radius 2 is 1.41 bits per heavy atom. The highest BCUT2D eigenvalue weighted by molar-refractivity contribution is 7.84. The summed E-state index contributed by atoms with van der Waals surface area (Å²) in [6.07, 6.45) is 1.61. The standard InChI is InChI=1S/C19H13N3O4S/c1-27(25)17-9-5-3-7-13(17)15-11-10-14(18-19(15)21-26-20-18)12-6-2-4-8-16(12)22(23)24/h2-11H,1H3. The summed E-state index contributed by atoms with van der Waals surface area (Å²) in [7, 11) is -1.19. The number of aromatic nitrogens is 2. The molecule has 1 unspecified atom stereocenters. The van der Waals surface area contributed by atoms with Gasteiger partial charge in [-0.3, -0.25) is 14.3 Å². The summed E-state index contributed by atoms with van der Waals surface area (Å²) in [6, 6.07) is 17.3. The summed E-state index contributed by atoms with van der Waals surface area (Å²) in [5, 5.41) is 19.4. The van der Waals surface area contributed by atoms with Crippen molar-refractivity contribution in [3.8, 4) is 22.3 Å². The molecule has 0 radical (unpaired) electrons. The Bertz CT molecular complexity index is 1110. The van der Waals surface area contributed by atoms with Gasteiger partial charge in [0.05, 0.1) is 21.3 Å². The zero-order valence-corrected chi connectivity index (χ0v) is 15.0. The highest BCUT2D eigenvalue weighted by Crippen LogP contribution is 2.38. The van der Waals surface area contributed by atoms with Crippen molar-refractivity contribution in [1.29, 1.82) is 0 Å². The summed E-state index contributed by atoms with van der Waals surface area (Å²) in [6.45, 7) is 0. The van der Waals surface area contributed by atoms with Crippen LogP contribution in [0, 0.1) is 10.1 Å². The van der Waals surface area contributed by atoms with Crippen molar-refractivity contribution in [3.63, 3.8) is 0 Å². The third-order valence-corrected chi connectivity index (χ3v) is 5.27. The SMILES string of the molecule is CS(=O)c1ccccc1-c1ccc(-c2ccccc2[N+](=O)[O-])c2nonc12. The minimum absolute atomic E-state index is 0.0235. The fourth-order valence-electron chi connectivity index (χ4n) is 3.10. The van der Waals surface area contributed by atoms with Crippen LogP contribution in [0.25, 0.3) is 33.3 Å². The normalized spacial score (nSPS) is 12.2. The minimum atomic E-state index is -1.19. The zero-order chi connectivity index (χ0) is 19.0. The fourth-order valence-corrected chi connectivity index (χ4v) is 3.86. The molecule has 0 fully saturated rings. The van der Waals surface area contributed by atoms with E-state index in [0.717, 1.165) is 5.56 Å². The van der Waals surface area contributed by atoms with Crippen LogP contribution in [-0.4, -0.2) is 25.7 Å². The average molecular weight is 379 g/mol. The minimum Gasteiger partial charge on any atom is -0.258 e. The molecule has 0 N–H and O–H groups in total. The molecule has 0 aliphatic heterocycles. The molecule has 7 nitrogen and oxygen atoms in total. The average Bonchev–Trinajstić information content (AvgIpc) is 3.17. The van der Waals surface area contributed by atoms with Crippen molar-refractivity contribution < 1.29 is 13.8 Å². The van der Waals surface area contributed by atoms with Crippen molar-refractivity contribution in [2.75, 3.05) is 6.26 Å². The van der Waals surface area contributed by atoms with Crippen molar-refractivity contribution in [3.05, 3.63) is 70.8 Å². The first-order valence-electron chi connectivity index (χ1n) is 8.00. The van der Waals surface area contributed by atoms with E-state index in [1.165, 1.54) is 6.07 Å². The van der Waals surface area contributed by atoms with Gasteiger partial charge in [-0.2, -0.15) is 0 Å². The number of nitro benzene ring substituents is 1. The molecule has 0 spiro atoms. The smallest absolute Gasteiger partial charge is 0.258 e. The summed E-state index contributed by atoms with van der Waals surface area (Å²) in [4.78, 5) is 11.6. The van der Waals surface area contributed by atoms with Crippen molar-refractivity contribution in [2.45, 2.75) is 4.90 Å². The second-order valence-electron chi connectivity index (χ2n) is 5.85. The number of benzene rings is 3. The van der Waals surface area contributed by atoms with E-state index in [9.17, 15) is 14.3 Å². The predicted octanol–water partition coefficient (Wildman–Crippen LogP) is 4.20. The van der Waals surface area contributed by atoms with Crippen LogP contribution in [0.5, 0.6) is 0 Å². The van der Waals surface area contributed by atoms with E-state index in [2.05, 4.69) is 10.3 Å². The maximum Gasteiger partial charge on any atom is 0.277 e.